The van der Waals surface area contributed by atoms with Crippen LogP contribution in [0.5, 0.6) is 0 Å². The molecule has 0 fully saturated rings. The molecule has 0 saturated heterocycles. The van der Waals surface area contributed by atoms with Gasteiger partial charge in [0.15, 0.2) is 0 Å². The lowest BCUT2D eigenvalue weighted by molar-refractivity contribution is 0.283. The molecular formula is C20H22BrNO3S. The number of hydrogen-bond acceptors (Lipinski definition) is 3. The van der Waals surface area contributed by atoms with E-state index in [1.807, 2.05) is 37.3 Å². The number of unbranched alkanes of at least 4 members (excludes halogenated alkanes) is 2. The Hall–Kier alpha value is -1.63. The van der Waals surface area contributed by atoms with Crippen LogP contribution >= 0.6 is 15.9 Å². The molecule has 0 unspecified atom stereocenters. The molecule has 3 rings (SSSR count). The van der Waals surface area contributed by atoms with E-state index in [1.165, 1.54) is 3.97 Å². The van der Waals surface area contributed by atoms with Crippen molar-refractivity contribution in [1.29, 1.82) is 0 Å². The third-order valence-corrected chi connectivity index (χ3v) is 6.68. The molecular weight excluding hydrogens is 414 g/mol. The van der Waals surface area contributed by atoms with E-state index < -0.39 is 10.0 Å². The average molecular weight is 436 g/mol. The third kappa shape index (κ3) is 3.87. The summed E-state index contributed by atoms with van der Waals surface area (Å²) in [4.78, 5) is 0.287. The number of benzene rings is 2. The van der Waals surface area contributed by atoms with Crippen molar-refractivity contribution in [2.24, 2.45) is 0 Å². The minimum absolute atomic E-state index is 0.190. The van der Waals surface area contributed by atoms with Crippen molar-refractivity contribution in [3.05, 3.63) is 64.3 Å². The quantitative estimate of drug-likeness (QED) is 0.549. The first kappa shape index (κ1) is 19.1. The van der Waals surface area contributed by atoms with Crippen LogP contribution in [0.2, 0.25) is 0 Å². The lowest BCUT2D eigenvalue weighted by Crippen LogP contribution is -2.11. The Morgan fingerprint density at radius 3 is 2.46 bits per heavy atom. The molecule has 26 heavy (non-hydrogen) atoms. The fraction of sp³-hybridized carbons (Fsp3) is 0.300. The van der Waals surface area contributed by atoms with Gasteiger partial charge in [0.05, 0.1) is 10.4 Å². The van der Waals surface area contributed by atoms with Crippen molar-refractivity contribution >= 4 is 36.9 Å². The largest absolute Gasteiger partial charge is 0.396 e. The normalized spacial score (nSPS) is 12.0. The number of nitrogens with zero attached hydrogens (tertiary/aromatic N) is 1. The summed E-state index contributed by atoms with van der Waals surface area (Å²) in [7, 11) is -3.65. The van der Waals surface area contributed by atoms with Gasteiger partial charge < -0.3 is 5.11 Å². The Balaban J connectivity index is 2.06. The molecule has 0 aliphatic carbocycles. The highest BCUT2D eigenvalue weighted by Gasteiger charge is 2.21. The predicted octanol–water partition coefficient (Wildman–Crippen LogP) is 4.65. The van der Waals surface area contributed by atoms with Crippen LogP contribution in [0.4, 0.5) is 0 Å². The van der Waals surface area contributed by atoms with E-state index in [0.29, 0.717) is 5.52 Å². The van der Waals surface area contributed by atoms with E-state index in [-0.39, 0.29) is 11.5 Å². The van der Waals surface area contributed by atoms with Crippen molar-refractivity contribution in [1.82, 2.24) is 3.97 Å². The van der Waals surface area contributed by atoms with Crippen molar-refractivity contribution in [3.63, 3.8) is 0 Å². The standard InChI is InChI=1S/C20H22BrNO3S/c1-15-6-9-18(10-7-15)26(24,25)22-14-16(5-3-2-4-12-23)19-13-17(21)8-11-20(19)22/h6-11,13-14,23H,2-5,12H2,1H3. The van der Waals surface area contributed by atoms with Crippen LogP contribution in [0.3, 0.4) is 0 Å². The van der Waals surface area contributed by atoms with Gasteiger partial charge >= 0.3 is 0 Å². The van der Waals surface area contributed by atoms with Gasteiger partial charge in [0.2, 0.25) is 0 Å². The molecule has 0 amide bonds. The van der Waals surface area contributed by atoms with Gasteiger partial charge in [-0.1, -0.05) is 40.0 Å². The second kappa shape index (κ2) is 7.94. The van der Waals surface area contributed by atoms with Gasteiger partial charge in [-0.25, -0.2) is 12.4 Å². The topological polar surface area (TPSA) is 59.3 Å². The number of rotatable bonds is 7. The molecule has 2 aromatic carbocycles. The number of aromatic nitrogens is 1. The Kier molecular flexibility index (Phi) is 5.85. The molecule has 1 aromatic heterocycles. The summed E-state index contributed by atoms with van der Waals surface area (Å²) in [6, 6.07) is 12.6. The summed E-state index contributed by atoms with van der Waals surface area (Å²) >= 11 is 3.48. The SMILES string of the molecule is Cc1ccc(S(=O)(=O)n2cc(CCCCCO)c3cc(Br)ccc32)cc1. The van der Waals surface area contributed by atoms with Crippen LogP contribution in [0.25, 0.3) is 10.9 Å². The number of fused-ring (bicyclic) bond motifs is 1. The second-order valence-electron chi connectivity index (χ2n) is 6.46. The number of halogens is 1. The smallest absolute Gasteiger partial charge is 0.268 e. The van der Waals surface area contributed by atoms with Gasteiger partial charge in [-0.2, -0.15) is 0 Å². The molecule has 6 heteroatoms. The maximum Gasteiger partial charge on any atom is 0.268 e. The summed E-state index contributed by atoms with van der Waals surface area (Å²) in [5.41, 5.74) is 2.72. The van der Waals surface area contributed by atoms with Crippen LogP contribution < -0.4 is 0 Å². The molecule has 0 saturated carbocycles. The Bertz CT molecular complexity index is 1010. The van der Waals surface area contributed by atoms with Gasteiger partial charge in [-0.15, -0.1) is 0 Å². The van der Waals surface area contributed by atoms with Gasteiger partial charge in [-0.05, 0) is 62.1 Å². The lowest BCUT2D eigenvalue weighted by atomic mass is 10.1. The van der Waals surface area contributed by atoms with Gasteiger partial charge in [-0.3, -0.25) is 0 Å². The Labute approximate surface area is 162 Å². The van der Waals surface area contributed by atoms with E-state index in [1.54, 1.807) is 18.3 Å². The first-order valence-corrected chi connectivity index (χ1v) is 10.9. The second-order valence-corrected chi connectivity index (χ2v) is 9.19. The summed E-state index contributed by atoms with van der Waals surface area (Å²) in [6.45, 7) is 2.12. The Morgan fingerprint density at radius 1 is 1.04 bits per heavy atom. The van der Waals surface area contributed by atoms with E-state index in [0.717, 1.165) is 46.7 Å². The van der Waals surface area contributed by atoms with E-state index in [9.17, 15) is 8.42 Å². The molecule has 138 valence electrons. The van der Waals surface area contributed by atoms with E-state index >= 15 is 0 Å². The maximum atomic E-state index is 13.2. The number of aryl methyl sites for hydroxylation is 2. The summed E-state index contributed by atoms with van der Waals surface area (Å²) in [5.74, 6) is 0. The molecule has 3 aromatic rings. The lowest BCUT2D eigenvalue weighted by Gasteiger charge is -2.08. The van der Waals surface area contributed by atoms with Crippen LogP contribution in [0, 0.1) is 6.92 Å². The zero-order valence-corrected chi connectivity index (χ0v) is 17.1. The van der Waals surface area contributed by atoms with Gasteiger partial charge in [0, 0.05) is 22.7 Å². The highest BCUT2D eigenvalue weighted by molar-refractivity contribution is 9.10. The fourth-order valence-electron chi connectivity index (χ4n) is 3.06. The molecule has 0 spiro atoms. The molecule has 0 aliphatic rings. The minimum atomic E-state index is -3.65. The Morgan fingerprint density at radius 2 is 1.77 bits per heavy atom. The van der Waals surface area contributed by atoms with Crippen molar-refractivity contribution in [2.45, 2.75) is 37.5 Å². The van der Waals surface area contributed by atoms with Crippen LogP contribution in [-0.4, -0.2) is 24.1 Å². The summed E-state index contributed by atoms with van der Waals surface area (Å²) < 4.78 is 28.6. The third-order valence-electron chi connectivity index (χ3n) is 4.50. The zero-order chi connectivity index (χ0) is 18.7. The molecule has 4 nitrogen and oxygen atoms in total. The molecule has 1 heterocycles. The molecule has 0 atom stereocenters. The first-order valence-electron chi connectivity index (χ1n) is 8.66. The van der Waals surface area contributed by atoms with Gasteiger partial charge in [0.1, 0.15) is 0 Å². The maximum absolute atomic E-state index is 13.2. The fourth-order valence-corrected chi connectivity index (χ4v) is 4.82. The monoisotopic (exact) mass is 435 g/mol. The van der Waals surface area contributed by atoms with Gasteiger partial charge in [0.25, 0.3) is 10.0 Å². The van der Waals surface area contributed by atoms with Crippen LogP contribution in [0.15, 0.2) is 58.0 Å². The predicted molar refractivity (Wildman–Crippen MR) is 108 cm³/mol. The highest BCUT2D eigenvalue weighted by Crippen LogP contribution is 2.29. The van der Waals surface area contributed by atoms with Crippen LogP contribution in [-0.2, 0) is 16.4 Å². The van der Waals surface area contributed by atoms with Crippen LogP contribution in [0.1, 0.15) is 30.4 Å². The van der Waals surface area contributed by atoms with E-state index in [2.05, 4.69) is 15.9 Å². The number of aliphatic hydroxyl groups is 1. The van der Waals surface area contributed by atoms with Crippen molar-refractivity contribution < 1.29 is 13.5 Å². The minimum Gasteiger partial charge on any atom is -0.396 e. The zero-order valence-electron chi connectivity index (χ0n) is 14.7. The molecule has 1 N–H and O–H groups in total. The average Bonchev–Trinajstić information content (AvgIpc) is 2.98. The molecule has 0 bridgehead atoms. The molecule has 0 aliphatic heterocycles. The first-order chi connectivity index (χ1) is 12.4. The number of hydrogen-bond donors (Lipinski definition) is 1. The molecule has 0 radical (unpaired) electrons. The van der Waals surface area contributed by atoms with Crippen molar-refractivity contribution in [2.75, 3.05) is 6.61 Å². The number of aliphatic hydroxyl groups excluding tert-OH is 1. The summed E-state index contributed by atoms with van der Waals surface area (Å²) in [5, 5.41) is 9.88. The van der Waals surface area contributed by atoms with Crippen molar-refractivity contribution in [3.8, 4) is 0 Å². The van der Waals surface area contributed by atoms with E-state index in [4.69, 9.17) is 5.11 Å². The summed E-state index contributed by atoms with van der Waals surface area (Å²) in [6.07, 6.45) is 5.12. The highest BCUT2D eigenvalue weighted by atomic mass is 79.9.